The van der Waals surface area contributed by atoms with Crippen LogP contribution < -0.4 is 4.90 Å². The van der Waals surface area contributed by atoms with Crippen molar-refractivity contribution in [3.8, 4) is 11.8 Å². The van der Waals surface area contributed by atoms with Crippen LogP contribution in [0.5, 0.6) is 0 Å². The van der Waals surface area contributed by atoms with E-state index in [0.717, 1.165) is 0 Å². The summed E-state index contributed by atoms with van der Waals surface area (Å²) in [6, 6.07) is 4.96. The van der Waals surface area contributed by atoms with Crippen molar-refractivity contribution in [3.05, 3.63) is 28.8 Å². The van der Waals surface area contributed by atoms with Gasteiger partial charge in [0.1, 0.15) is 0 Å². The Kier molecular flexibility index (Phi) is 3.16. The molecule has 3 nitrogen and oxygen atoms in total. The molecule has 1 aromatic rings. The van der Waals surface area contributed by atoms with Gasteiger partial charge in [0.05, 0.1) is 16.3 Å². The van der Waals surface area contributed by atoms with Crippen LogP contribution in [-0.4, -0.2) is 18.2 Å². The average molecular weight is 248 g/mol. The smallest absolute Gasteiger partial charge is 0.299 e. The molecule has 17 heavy (non-hydrogen) atoms. The zero-order valence-corrected chi connectivity index (χ0v) is 10.0. The van der Waals surface area contributed by atoms with Gasteiger partial charge < -0.3 is 4.90 Å². The van der Waals surface area contributed by atoms with Gasteiger partial charge in [0.15, 0.2) is 0 Å². The number of Topliss-reactive ketones (excluding diaryl/α,β-unsaturated/α-hetero) is 1. The highest BCUT2D eigenvalue weighted by Gasteiger charge is 2.36. The number of hydrogen-bond acceptors (Lipinski definition) is 2. The molecule has 4 heteroatoms. The first kappa shape index (κ1) is 11.7. The summed E-state index contributed by atoms with van der Waals surface area (Å²) in [7, 11) is 0. The molecule has 0 N–H and O–H groups in total. The van der Waals surface area contributed by atoms with Gasteiger partial charge in [0, 0.05) is 13.0 Å². The predicted octanol–water partition coefficient (Wildman–Crippen LogP) is 2.28. The lowest BCUT2D eigenvalue weighted by Gasteiger charge is -2.15. The third-order valence-corrected chi connectivity index (χ3v) is 2.88. The number of nitrogens with zero attached hydrogens (tertiary/aromatic N) is 1. The minimum Gasteiger partial charge on any atom is -0.302 e. The summed E-state index contributed by atoms with van der Waals surface area (Å²) in [6.07, 6.45) is 0.528. The lowest BCUT2D eigenvalue weighted by atomic mass is 10.1. The van der Waals surface area contributed by atoms with Gasteiger partial charge in [0.25, 0.3) is 11.7 Å². The van der Waals surface area contributed by atoms with Gasteiger partial charge in [-0.05, 0) is 19.1 Å². The molecule has 0 unspecified atom stereocenters. The van der Waals surface area contributed by atoms with Crippen LogP contribution in [0.2, 0.25) is 5.02 Å². The Bertz CT molecular complexity index is 554. The van der Waals surface area contributed by atoms with Crippen LogP contribution in [0.3, 0.4) is 0 Å². The van der Waals surface area contributed by atoms with Gasteiger partial charge in [-0.2, -0.15) is 0 Å². The summed E-state index contributed by atoms with van der Waals surface area (Å²) in [4.78, 5) is 24.9. The lowest BCUT2D eigenvalue weighted by molar-refractivity contribution is -0.114. The topological polar surface area (TPSA) is 37.4 Å². The number of benzene rings is 1. The molecule has 0 saturated carbocycles. The standard InChI is InChI=1S/C13H10ClNO2/c1-2-3-4-8-15-11-9(12(16)13(15)17)6-5-7-10(11)14/h5-7H,4,8H2,1H3. The van der Waals surface area contributed by atoms with Crippen LogP contribution in [0.4, 0.5) is 5.69 Å². The third kappa shape index (κ3) is 1.92. The van der Waals surface area contributed by atoms with Crippen molar-refractivity contribution in [2.75, 3.05) is 11.4 Å². The van der Waals surface area contributed by atoms with E-state index in [0.29, 0.717) is 29.2 Å². The number of amides is 1. The molecule has 2 rings (SSSR count). The van der Waals surface area contributed by atoms with E-state index in [1.54, 1.807) is 25.1 Å². The highest BCUT2D eigenvalue weighted by atomic mass is 35.5. The molecule has 1 aliphatic rings. The molecule has 0 bridgehead atoms. The Morgan fingerprint density at radius 2 is 2.12 bits per heavy atom. The van der Waals surface area contributed by atoms with E-state index < -0.39 is 11.7 Å². The summed E-state index contributed by atoms with van der Waals surface area (Å²) < 4.78 is 0. The molecule has 0 saturated heterocycles. The van der Waals surface area contributed by atoms with E-state index in [1.165, 1.54) is 4.90 Å². The maximum atomic E-state index is 11.8. The lowest BCUT2D eigenvalue weighted by Crippen LogP contribution is -2.30. The van der Waals surface area contributed by atoms with Crippen molar-refractivity contribution in [2.45, 2.75) is 13.3 Å². The van der Waals surface area contributed by atoms with Gasteiger partial charge in [-0.3, -0.25) is 9.59 Å². The van der Waals surface area contributed by atoms with Crippen LogP contribution in [-0.2, 0) is 4.79 Å². The number of anilines is 1. The number of para-hydroxylation sites is 1. The number of ketones is 1. The molecule has 0 aromatic heterocycles. The van der Waals surface area contributed by atoms with Gasteiger partial charge in [0.2, 0.25) is 0 Å². The molecule has 0 aliphatic carbocycles. The fourth-order valence-corrected chi connectivity index (χ4v) is 2.09. The minimum absolute atomic E-state index is 0.381. The van der Waals surface area contributed by atoms with Crippen LogP contribution in [0, 0.1) is 11.8 Å². The Hall–Kier alpha value is -1.79. The highest BCUT2D eigenvalue weighted by molar-refractivity contribution is 6.54. The van der Waals surface area contributed by atoms with Crippen molar-refractivity contribution in [2.24, 2.45) is 0 Å². The minimum atomic E-state index is -0.522. The first-order valence-electron chi connectivity index (χ1n) is 5.21. The molecular formula is C13H10ClNO2. The molecule has 86 valence electrons. The summed E-state index contributed by atoms with van der Waals surface area (Å²) in [6.45, 7) is 2.13. The van der Waals surface area contributed by atoms with Gasteiger partial charge in [-0.25, -0.2) is 0 Å². The van der Waals surface area contributed by atoms with E-state index in [4.69, 9.17) is 11.6 Å². The zero-order chi connectivity index (χ0) is 12.4. The van der Waals surface area contributed by atoms with Crippen LogP contribution in [0.25, 0.3) is 0 Å². The number of rotatable bonds is 2. The van der Waals surface area contributed by atoms with Crippen molar-refractivity contribution in [1.29, 1.82) is 0 Å². The van der Waals surface area contributed by atoms with E-state index in [-0.39, 0.29) is 0 Å². The van der Waals surface area contributed by atoms with E-state index in [9.17, 15) is 9.59 Å². The second kappa shape index (κ2) is 4.60. The quantitative estimate of drug-likeness (QED) is 0.594. The second-order valence-corrected chi connectivity index (χ2v) is 4.01. The van der Waals surface area contributed by atoms with Crippen LogP contribution in [0.1, 0.15) is 23.7 Å². The third-order valence-electron chi connectivity index (χ3n) is 2.58. The molecule has 0 atom stereocenters. The van der Waals surface area contributed by atoms with E-state index in [2.05, 4.69) is 11.8 Å². The Labute approximate surface area is 104 Å². The average Bonchev–Trinajstić information content (AvgIpc) is 2.56. The number of hydrogen-bond donors (Lipinski definition) is 0. The number of carbonyl (C=O) groups excluding carboxylic acids is 2. The Morgan fingerprint density at radius 1 is 1.35 bits per heavy atom. The van der Waals surface area contributed by atoms with Crippen molar-refractivity contribution in [1.82, 2.24) is 0 Å². The largest absolute Gasteiger partial charge is 0.302 e. The second-order valence-electron chi connectivity index (χ2n) is 3.60. The first-order valence-corrected chi connectivity index (χ1v) is 5.59. The molecule has 1 amide bonds. The SMILES string of the molecule is CC#CCCN1C(=O)C(=O)c2cccc(Cl)c21. The molecule has 0 radical (unpaired) electrons. The van der Waals surface area contributed by atoms with Gasteiger partial charge >= 0.3 is 0 Å². The summed E-state index contributed by atoms with van der Waals surface area (Å²) in [5.41, 5.74) is 0.897. The van der Waals surface area contributed by atoms with Crippen LogP contribution in [0.15, 0.2) is 18.2 Å². The van der Waals surface area contributed by atoms with E-state index in [1.807, 2.05) is 0 Å². The molecular weight excluding hydrogens is 238 g/mol. The van der Waals surface area contributed by atoms with Crippen molar-refractivity contribution in [3.63, 3.8) is 0 Å². The number of carbonyl (C=O) groups is 2. The summed E-state index contributed by atoms with van der Waals surface area (Å²) in [5, 5.41) is 0.422. The predicted molar refractivity (Wildman–Crippen MR) is 66.2 cm³/mol. The molecule has 0 spiro atoms. The monoisotopic (exact) mass is 247 g/mol. The van der Waals surface area contributed by atoms with Crippen LogP contribution >= 0.6 is 11.6 Å². The van der Waals surface area contributed by atoms with E-state index >= 15 is 0 Å². The van der Waals surface area contributed by atoms with Crippen molar-refractivity contribution >= 4 is 29.0 Å². The Morgan fingerprint density at radius 3 is 2.82 bits per heavy atom. The van der Waals surface area contributed by atoms with Gasteiger partial charge in [-0.15, -0.1) is 11.8 Å². The maximum Gasteiger partial charge on any atom is 0.299 e. The molecule has 0 fully saturated rings. The number of fused-ring (bicyclic) bond motifs is 1. The number of halogens is 1. The zero-order valence-electron chi connectivity index (χ0n) is 9.29. The van der Waals surface area contributed by atoms with Gasteiger partial charge in [-0.1, -0.05) is 17.7 Å². The summed E-state index contributed by atoms with van der Waals surface area (Å²) >= 11 is 6.03. The molecule has 1 aromatic carbocycles. The first-order chi connectivity index (χ1) is 8.16. The summed E-state index contributed by atoms with van der Waals surface area (Å²) in [5.74, 6) is 4.60. The Balaban J connectivity index is 2.38. The fraction of sp³-hybridized carbons (Fsp3) is 0.231. The van der Waals surface area contributed by atoms with Crippen molar-refractivity contribution < 1.29 is 9.59 Å². The maximum absolute atomic E-state index is 11.8. The highest BCUT2D eigenvalue weighted by Crippen LogP contribution is 2.35. The molecule has 1 aliphatic heterocycles. The molecule has 1 heterocycles. The normalized spacial score (nSPS) is 13.4. The fourth-order valence-electron chi connectivity index (χ4n) is 1.82.